The van der Waals surface area contributed by atoms with Crippen LogP contribution in [0, 0.1) is 5.82 Å². The maximum Gasteiger partial charge on any atom is 0.319 e. The number of hydrogen-bond donors (Lipinski definition) is 1. The van der Waals surface area contributed by atoms with Crippen molar-refractivity contribution in [1.82, 2.24) is 29.7 Å². The lowest BCUT2D eigenvalue weighted by atomic mass is 9.95. The van der Waals surface area contributed by atoms with Crippen LogP contribution in [0.2, 0.25) is 0 Å². The van der Waals surface area contributed by atoms with Crippen molar-refractivity contribution in [2.24, 2.45) is 7.05 Å². The Labute approximate surface area is 227 Å². The van der Waals surface area contributed by atoms with Crippen LogP contribution >= 0.6 is 0 Å². The number of piperazine rings is 1. The highest BCUT2D eigenvalue weighted by Gasteiger charge is 2.45. The summed E-state index contributed by atoms with van der Waals surface area (Å²) in [5.41, 5.74) is 2.37. The van der Waals surface area contributed by atoms with Crippen LogP contribution in [0.25, 0.3) is 33.1 Å². The van der Waals surface area contributed by atoms with Gasteiger partial charge in [0.05, 0.1) is 16.4 Å². The largest absolute Gasteiger partial charge is 0.461 e. The second-order valence-corrected chi connectivity index (χ2v) is 11.9. The molecule has 0 saturated carbocycles. The van der Waals surface area contributed by atoms with Gasteiger partial charge in [-0.3, -0.25) is 9.88 Å². The van der Waals surface area contributed by atoms with Gasteiger partial charge in [0.2, 0.25) is 0 Å². The number of para-hydroxylation sites is 1. The summed E-state index contributed by atoms with van der Waals surface area (Å²) in [6.07, 6.45) is 10.7. The minimum Gasteiger partial charge on any atom is -0.461 e. The van der Waals surface area contributed by atoms with Gasteiger partial charge < -0.3 is 19.5 Å². The molecule has 9 heteroatoms. The number of halogens is 1. The summed E-state index contributed by atoms with van der Waals surface area (Å²) in [6, 6.07) is 9.08. The molecule has 202 valence electrons. The number of anilines is 1. The maximum absolute atomic E-state index is 16.5. The third kappa shape index (κ3) is 3.73. The third-order valence-electron chi connectivity index (χ3n) is 9.59. The Balaban J connectivity index is 1.25. The van der Waals surface area contributed by atoms with E-state index in [1.165, 1.54) is 12.8 Å². The first kappa shape index (κ1) is 23.6. The minimum atomic E-state index is -0.422. The molecule has 1 aromatic carbocycles. The van der Waals surface area contributed by atoms with Gasteiger partial charge in [-0.15, -0.1) is 0 Å². The zero-order valence-electron chi connectivity index (χ0n) is 22.4. The van der Waals surface area contributed by atoms with Crippen LogP contribution in [0.5, 0.6) is 6.01 Å². The van der Waals surface area contributed by atoms with E-state index in [-0.39, 0.29) is 17.1 Å². The standard InChI is InChI=1S/C30H34FN7O/c1-36-14-9-19-5-2-6-22(27(19)36)25-24(31)26-23(15-32-25)28(37-16-20-7-8-21(17-37)33-20)35-29(34-26)39-18-30-10-3-12-38(30)13-4-11-30/h2,5-6,9,14-15,20-21,33H,3-4,7-8,10-13,16-18H2,1H3. The Morgan fingerprint density at radius 3 is 2.67 bits per heavy atom. The molecule has 4 aromatic rings. The van der Waals surface area contributed by atoms with Crippen LogP contribution < -0.4 is 15.0 Å². The fourth-order valence-corrected chi connectivity index (χ4v) is 7.69. The number of nitrogens with one attached hydrogen (secondary N) is 1. The number of pyridine rings is 1. The fourth-order valence-electron chi connectivity index (χ4n) is 7.69. The van der Waals surface area contributed by atoms with Crippen molar-refractivity contribution >= 4 is 27.6 Å². The van der Waals surface area contributed by atoms with Crippen molar-refractivity contribution in [1.29, 1.82) is 0 Å². The molecule has 8 nitrogen and oxygen atoms in total. The number of rotatable bonds is 5. The van der Waals surface area contributed by atoms with Gasteiger partial charge in [-0.25, -0.2) is 4.39 Å². The molecule has 7 heterocycles. The molecular weight excluding hydrogens is 493 g/mol. The molecule has 0 spiro atoms. The normalized spacial score (nSPS) is 24.2. The number of nitrogens with zero attached hydrogens (tertiary/aromatic N) is 6. The highest BCUT2D eigenvalue weighted by molar-refractivity contribution is 5.97. The molecule has 2 atom stereocenters. The molecule has 4 aliphatic rings. The Kier molecular flexibility index (Phi) is 5.35. The van der Waals surface area contributed by atoms with Crippen molar-refractivity contribution < 1.29 is 9.13 Å². The zero-order chi connectivity index (χ0) is 26.1. The van der Waals surface area contributed by atoms with Gasteiger partial charge >= 0.3 is 6.01 Å². The molecule has 4 aliphatic heterocycles. The van der Waals surface area contributed by atoms with Crippen molar-refractivity contribution in [3.63, 3.8) is 0 Å². The quantitative estimate of drug-likeness (QED) is 0.416. The first-order valence-corrected chi connectivity index (χ1v) is 14.4. The summed E-state index contributed by atoms with van der Waals surface area (Å²) >= 11 is 0. The molecular formula is C30H34FN7O. The second-order valence-electron chi connectivity index (χ2n) is 11.9. The van der Waals surface area contributed by atoms with Gasteiger partial charge in [-0.2, -0.15) is 9.97 Å². The summed E-state index contributed by atoms with van der Waals surface area (Å²) in [5.74, 6) is 0.310. The summed E-state index contributed by atoms with van der Waals surface area (Å²) in [5, 5.41) is 5.38. The summed E-state index contributed by atoms with van der Waals surface area (Å²) in [7, 11) is 1.98. The number of benzene rings is 1. The van der Waals surface area contributed by atoms with E-state index in [0.717, 1.165) is 74.1 Å². The number of aromatic nitrogens is 4. The number of aryl methyl sites for hydroxylation is 1. The Morgan fingerprint density at radius 2 is 1.87 bits per heavy atom. The molecule has 0 aliphatic carbocycles. The van der Waals surface area contributed by atoms with E-state index >= 15 is 4.39 Å². The van der Waals surface area contributed by atoms with E-state index in [1.807, 2.05) is 42.1 Å². The second kappa shape index (κ2) is 8.86. The molecule has 0 amide bonds. The predicted molar refractivity (Wildman–Crippen MR) is 150 cm³/mol. The van der Waals surface area contributed by atoms with E-state index in [0.29, 0.717) is 29.8 Å². The zero-order valence-corrected chi connectivity index (χ0v) is 22.4. The molecule has 2 bridgehead atoms. The molecule has 2 unspecified atom stereocenters. The molecule has 4 saturated heterocycles. The highest BCUT2D eigenvalue weighted by Crippen LogP contribution is 2.40. The van der Waals surface area contributed by atoms with Gasteiger partial charge in [0.1, 0.15) is 23.6 Å². The van der Waals surface area contributed by atoms with Gasteiger partial charge in [0.25, 0.3) is 0 Å². The number of ether oxygens (including phenoxy) is 1. The topological polar surface area (TPSA) is 71.3 Å². The van der Waals surface area contributed by atoms with E-state index < -0.39 is 5.82 Å². The monoisotopic (exact) mass is 527 g/mol. The predicted octanol–water partition coefficient (Wildman–Crippen LogP) is 4.27. The smallest absolute Gasteiger partial charge is 0.319 e. The average molecular weight is 528 g/mol. The van der Waals surface area contributed by atoms with Crippen molar-refractivity contribution in [3.8, 4) is 17.3 Å². The Morgan fingerprint density at radius 1 is 1.08 bits per heavy atom. The van der Waals surface area contributed by atoms with Gasteiger partial charge in [0.15, 0.2) is 5.82 Å². The average Bonchev–Trinajstić information content (AvgIpc) is 3.71. The molecule has 3 aromatic heterocycles. The first-order chi connectivity index (χ1) is 19.1. The lowest BCUT2D eigenvalue weighted by molar-refractivity contribution is 0.108. The third-order valence-corrected chi connectivity index (χ3v) is 9.59. The summed E-state index contributed by atoms with van der Waals surface area (Å²) in [6.45, 7) is 4.49. The molecule has 39 heavy (non-hydrogen) atoms. The first-order valence-electron chi connectivity index (χ1n) is 14.4. The van der Waals surface area contributed by atoms with Crippen molar-refractivity contribution in [3.05, 3.63) is 42.5 Å². The van der Waals surface area contributed by atoms with E-state index in [1.54, 1.807) is 6.20 Å². The molecule has 0 radical (unpaired) electrons. The van der Waals surface area contributed by atoms with E-state index in [2.05, 4.69) is 20.1 Å². The van der Waals surface area contributed by atoms with Crippen molar-refractivity contribution in [2.75, 3.05) is 37.7 Å². The maximum atomic E-state index is 16.5. The minimum absolute atomic E-state index is 0.0662. The molecule has 8 rings (SSSR count). The van der Waals surface area contributed by atoms with Gasteiger partial charge in [0, 0.05) is 55.6 Å². The highest BCUT2D eigenvalue weighted by atomic mass is 19.1. The van der Waals surface area contributed by atoms with E-state index in [4.69, 9.17) is 14.7 Å². The van der Waals surface area contributed by atoms with Crippen LogP contribution in [0.4, 0.5) is 10.2 Å². The SMILES string of the molecule is Cn1ccc2cccc(-c3ncc4c(N5CC6CCC(C5)N6)nc(OCC56CCCN5CCC6)nc4c3F)c21. The van der Waals surface area contributed by atoms with Crippen LogP contribution in [0.3, 0.4) is 0 Å². The molecule has 4 fully saturated rings. The van der Waals surface area contributed by atoms with Gasteiger partial charge in [-0.05, 0) is 57.7 Å². The van der Waals surface area contributed by atoms with Crippen LogP contribution in [0.15, 0.2) is 36.7 Å². The number of hydrogen-bond acceptors (Lipinski definition) is 7. The fraction of sp³-hybridized carbons (Fsp3) is 0.500. The number of fused-ring (bicyclic) bond motifs is 5. The van der Waals surface area contributed by atoms with Crippen molar-refractivity contribution in [2.45, 2.75) is 56.1 Å². The van der Waals surface area contributed by atoms with Crippen LogP contribution in [0.1, 0.15) is 38.5 Å². The Bertz CT molecular complexity index is 1560. The van der Waals surface area contributed by atoms with Crippen LogP contribution in [-0.4, -0.2) is 74.8 Å². The molecule has 1 N–H and O–H groups in total. The van der Waals surface area contributed by atoms with E-state index in [9.17, 15) is 0 Å². The summed E-state index contributed by atoms with van der Waals surface area (Å²) < 4.78 is 24.9. The lowest BCUT2D eigenvalue weighted by Gasteiger charge is -2.34. The Hall–Kier alpha value is -3.30. The van der Waals surface area contributed by atoms with Crippen LogP contribution in [-0.2, 0) is 7.05 Å². The van der Waals surface area contributed by atoms with Gasteiger partial charge in [-0.1, -0.05) is 18.2 Å². The lowest BCUT2D eigenvalue weighted by Crippen LogP contribution is -2.51. The summed E-state index contributed by atoms with van der Waals surface area (Å²) in [4.78, 5) is 19.2.